The van der Waals surface area contributed by atoms with Gasteiger partial charge in [0.25, 0.3) is 5.56 Å². The Morgan fingerprint density at radius 1 is 1.57 bits per heavy atom. The van der Waals surface area contributed by atoms with Crippen LogP contribution in [0.1, 0.15) is 19.8 Å². The van der Waals surface area contributed by atoms with Crippen LogP contribution < -0.4 is 10.9 Å². The predicted octanol–water partition coefficient (Wildman–Crippen LogP) is 1.55. The normalized spacial score (nSPS) is 22.0. The molecule has 1 saturated heterocycles. The van der Waals surface area contributed by atoms with Gasteiger partial charge in [-0.1, -0.05) is 0 Å². The second-order valence-corrected chi connectivity index (χ2v) is 6.75. The van der Waals surface area contributed by atoms with Crippen LogP contribution in [0, 0.1) is 0 Å². The van der Waals surface area contributed by atoms with Gasteiger partial charge in [-0.25, -0.2) is 4.68 Å². The van der Waals surface area contributed by atoms with E-state index in [0.29, 0.717) is 17.6 Å². The quantitative estimate of drug-likeness (QED) is 0.835. The van der Waals surface area contributed by atoms with Crippen molar-refractivity contribution in [3.05, 3.63) is 21.0 Å². The van der Waals surface area contributed by atoms with Gasteiger partial charge >= 0.3 is 0 Å². The van der Waals surface area contributed by atoms with Gasteiger partial charge < -0.3 is 15.0 Å². The molecular weight excluding hydrogens is 336 g/mol. The molecule has 0 aromatic carbocycles. The number of halogens is 1. The van der Waals surface area contributed by atoms with E-state index in [9.17, 15) is 4.79 Å². The first-order valence-electron chi connectivity index (χ1n) is 7.19. The van der Waals surface area contributed by atoms with Crippen LogP contribution >= 0.6 is 15.9 Å². The van der Waals surface area contributed by atoms with Crippen LogP contribution in [-0.4, -0.2) is 54.1 Å². The van der Waals surface area contributed by atoms with E-state index in [1.54, 1.807) is 6.20 Å². The standard InChI is InChI=1S/C14H23BrN4O2/c1-14(5-4-8-21-14)10-16-11-9-17-19(7-6-18(2)3)13(20)12(11)15/h9,16H,4-8,10H2,1-3H3. The summed E-state index contributed by atoms with van der Waals surface area (Å²) >= 11 is 3.38. The minimum atomic E-state index is -0.154. The van der Waals surface area contributed by atoms with Crippen LogP contribution in [0.25, 0.3) is 0 Å². The molecule has 2 heterocycles. The monoisotopic (exact) mass is 358 g/mol. The predicted molar refractivity (Wildman–Crippen MR) is 86.8 cm³/mol. The fourth-order valence-electron chi connectivity index (χ4n) is 2.30. The number of nitrogens with zero attached hydrogens (tertiary/aromatic N) is 3. The molecule has 1 N–H and O–H groups in total. The lowest BCUT2D eigenvalue weighted by Gasteiger charge is -2.24. The van der Waals surface area contributed by atoms with Crippen LogP contribution in [0.15, 0.2) is 15.5 Å². The Bertz CT molecular complexity index is 538. The number of ether oxygens (including phenoxy) is 1. The van der Waals surface area contributed by atoms with Crippen LogP contribution in [0.2, 0.25) is 0 Å². The summed E-state index contributed by atoms with van der Waals surface area (Å²) in [6.45, 7) is 4.92. The molecule has 1 aromatic rings. The van der Waals surface area contributed by atoms with Crippen molar-refractivity contribution in [1.29, 1.82) is 0 Å². The number of aromatic nitrogens is 2. The number of likely N-dealkylation sites (N-methyl/N-ethyl adjacent to an activating group) is 1. The van der Waals surface area contributed by atoms with Crippen molar-refractivity contribution in [3.8, 4) is 0 Å². The Morgan fingerprint density at radius 2 is 2.33 bits per heavy atom. The van der Waals surface area contributed by atoms with Gasteiger partial charge in [0.1, 0.15) is 4.47 Å². The molecule has 1 aliphatic heterocycles. The van der Waals surface area contributed by atoms with E-state index in [4.69, 9.17) is 4.74 Å². The maximum Gasteiger partial charge on any atom is 0.283 e. The molecule has 0 saturated carbocycles. The van der Waals surface area contributed by atoms with Crippen molar-refractivity contribution < 1.29 is 4.74 Å². The molecule has 1 fully saturated rings. The molecule has 6 nitrogen and oxygen atoms in total. The van der Waals surface area contributed by atoms with Gasteiger partial charge in [0, 0.05) is 19.7 Å². The van der Waals surface area contributed by atoms with Gasteiger partial charge in [0.2, 0.25) is 0 Å². The maximum absolute atomic E-state index is 12.2. The van der Waals surface area contributed by atoms with Crippen molar-refractivity contribution >= 4 is 21.6 Å². The summed E-state index contributed by atoms with van der Waals surface area (Å²) < 4.78 is 7.73. The molecule has 2 rings (SSSR count). The Balaban J connectivity index is 2.04. The fourth-order valence-corrected chi connectivity index (χ4v) is 2.75. The third-order valence-electron chi connectivity index (χ3n) is 3.70. The van der Waals surface area contributed by atoms with E-state index < -0.39 is 0 Å². The van der Waals surface area contributed by atoms with Crippen molar-refractivity contribution in [2.24, 2.45) is 0 Å². The lowest BCUT2D eigenvalue weighted by atomic mass is 10.0. The Labute approximate surface area is 133 Å². The number of hydrogen-bond donors (Lipinski definition) is 1. The fraction of sp³-hybridized carbons (Fsp3) is 0.714. The Kier molecular flexibility index (Phi) is 5.40. The summed E-state index contributed by atoms with van der Waals surface area (Å²) in [5.41, 5.74) is 0.455. The molecule has 1 atom stereocenters. The third-order valence-corrected chi connectivity index (χ3v) is 4.46. The molecule has 1 unspecified atom stereocenters. The Hall–Kier alpha value is -0.920. The van der Waals surface area contributed by atoms with Crippen molar-refractivity contribution in [2.75, 3.05) is 39.1 Å². The summed E-state index contributed by atoms with van der Waals surface area (Å²) in [6, 6.07) is 0. The average Bonchev–Trinajstić information content (AvgIpc) is 2.86. The molecule has 21 heavy (non-hydrogen) atoms. The highest BCUT2D eigenvalue weighted by molar-refractivity contribution is 9.10. The minimum Gasteiger partial charge on any atom is -0.380 e. The first-order valence-corrected chi connectivity index (χ1v) is 7.99. The van der Waals surface area contributed by atoms with E-state index in [-0.39, 0.29) is 11.2 Å². The van der Waals surface area contributed by atoms with Crippen LogP contribution in [0.5, 0.6) is 0 Å². The van der Waals surface area contributed by atoms with Gasteiger partial charge in [0.15, 0.2) is 0 Å². The van der Waals surface area contributed by atoms with E-state index >= 15 is 0 Å². The van der Waals surface area contributed by atoms with Crippen molar-refractivity contribution in [3.63, 3.8) is 0 Å². The van der Waals surface area contributed by atoms with Crippen molar-refractivity contribution in [1.82, 2.24) is 14.7 Å². The maximum atomic E-state index is 12.2. The largest absolute Gasteiger partial charge is 0.380 e. The summed E-state index contributed by atoms with van der Waals surface area (Å²) in [5, 5.41) is 7.49. The lowest BCUT2D eigenvalue weighted by Crippen LogP contribution is -2.34. The van der Waals surface area contributed by atoms with Crippen LogP contribution in [0.3, 0.4) is 0 Å². The Morgan fingerprint density at radius 3 is 2.95 bits per heavy atom. The average molecular weight is 359 g/mol. The van der Waals surface area contributed by atoms with E-state index in [0.717, 1.165) is 31.7 Å². The molecule has 0 aliphatic carbocycles. The smallest absolute Gasteiger partial charge is 0.283 e. The first-order chi connectivity index (χ1) is 9.91. The number of anilines is 1. The lowest BCUT2D eigenvalue weighted by molar-refractivity contribution is 0.0315. The number of rotatable bonds is 6. The highest BCUT2D eigenvalue weighted by atomic mass is 79.9. The number of hydrogen-bond acceptors (Lipinski definition) is 5. The second-order valence-electron chi connectivity index (χ2n) is 5.96. The first kappa shape index (κ1) is 16.5. The summed E-state index contributed by atoms with van der Waals surface area (Å²) in [5.74, 6) is 0. The molecule has 1 aromatic heterocycles. The van der Waals surface area contributed by atoms with Crippen molar-refractivity contribution in [2.45, 2.75) is 31.9 Å². The summed E-state index contributed by atoms with van der Waals surface area (Å²) in [7, 11) is 3.94. The highest BCUT2D eigenvalue weighted by Gasteiger charge is 2.29. The zero-order chi connectivity index (χ0) is 15.5. The van der Waals surface area contributed by atoms with E-state index in [2.05, 4.69) is 33.3 Å². The minimum absolute atomic E-state index is 0.112. The SMILES string of the molecule is CN(C)CCn1ncc(NCC2(C)CCCO2)c(Br)c1=O. The molecule has 1 aliphatic rings. The van der Waals surface area contributed by atoms with Gasteiger partial charge in [0.05, 0.1) is 24.0 Å². The topological polar surface area (TPSA) is 59.4 Å². The summed E-state index contributed by atoms with van der Waals surface area (Å²) in [4.78, 5) is 14.3. The zero-order valence-corrected chi connectivity index (χ0v) is 14.4. The van der Waals surface area contributed by atoms with Crippen LogP contribution in [-0.2, 0) is 11.3 Å². The summed E-state index contributed by atoms with van der Waals surface area (Å²) in [6.07, 6.45) is 3.81. The molecular formula is C14H23BrN4O2. The highest BCUT2D eigenvalue weighted by Crippen LogP contribution is 2.26. The third kappa shape index (κ3) is 4.28. The zero-order valence-electron chi connectivity index (χ0n) is 12.9. The molecule has 0 radical (unpaired) electrons. The van der Waals surface area contributed by atoms with Gasteiger partial charge in [-0.15, -0.1) is 0 Å². The number of nitrogens with one attached hydrogen (secondary N) is 1. The van der Waals surface area contributed by atoms with E-state index in [1.807, 2.05) is 19.0 Å². The van der Waals surface area contributed by atoms with Gasteiger partial charge in [-0.3, -0.25) is 4.79 Å². The van der Waals surface area contributed by atoms with Gasteiger partial charge in [-0.2, -0.15) is 5.10 Å². The molecule has 7 heteroatoms. The second kappa shape index (κ2) is 6.89. The van der Waals surface area contributed by atoms with Gasteiger partial charge in [-0.05, 0) is 49.8 Å². The molecule has 118 valence electrons. The molecule has 0 bridgehead atoms. The van der Waals surface area contributed by atoms with Crippen LogP contribution in [0.4, 0.5) is 5.69 Å². The molecule has 0 spiro atoms. The molecule has 0 amide bonds. The van der Waals surface area contributed by atoms with E-state index in [1.165, 1.54) is 4.68 Å².